The lowest BCUT2D eigenvalue weighted by molar-refractivity contribution is -0.120. The van der Waals surface area contributed by atoms with Crippen LogP contribution in [0.4, 0.5) is 14.5 Å². The lowest BCUT2D eigenvalue weighted by Gasteiger charge is -2.09. The van der Waals surface area contributed by atoms with Gasteiger partial charge in [-0.05, 0) is 24.3 Å². The van der Waals surface area contributed by atoms with Crippen LogP contribution >= 0.6 is 0 Å². The molecule has 0 heterocycles. The first-order valence-electron chi connectivity index (χ1n) is 7.22. The summed E-state index contributed by atoms with van der Waals surface area (Å²) in [5.41, 5.74) is 0.797. The Labute approximate surface area is 143 Å². The van der Waals surface area contributed by atoms with E-state index >= 15 is 0 Å². The summed E-state index contributed by atoms with van der Waals surface area (Å²) in [6.07, 6.45) is 1.19. The van der Waals surface area contributed by atoms with Gasteiger partial charge in [-0.3, -0.25) is 4.79 Å². The molecule has 0 spiro atoms. The first-order valence-corrected chi connectivity index (χ1v) is 7.22. The molecule has 2 aromatic rings. The summed E-state index contributed by atoms with van der Waals surface area (Å²) in [6, 6.07) is 13.0. The van der Waals surface area contributed by atoms with Crippen LogP contribution in [0.25, 0.3) is 0 Å². The molecule has 0 saturated carbocycles. The maximum Gasteiger partial charge on any atom is 0.387 e. The molecule has 2 aromatic carbocycles. The summed E-state index contributed by atoms with van der Waals surface area (Å²) in [7, 11) is 1.49. The van der Waals surface area contributed by atoms with Gasteiger partial charge in [-0.1, -0.05) is 29.4 Å². The van der Waals surface area contributed by atoms with Crippen molar-refractivity contribution in [2.45, 2.75) is 6.61 Å². The van der Waals surface area contributed by atoms with Crippen molar-refractivity contribution in [1.82, 2.24) is 0 Å². The van der Waals surface area contributed by atoms with Gasteiger partial charge in [0, 0.05) is 5.56 Å². The lowest BCUT2D eigenvalue weighted by Crippen LogP contribution is -2.17. The van der Waals surface area contributed by atoms with E-state index in [-0.39, 0.29) is 12.4 Å². The molecule has 0 aromatic heterocycles. The molecule has 0 aliphatic rings. The molecule has 1 N–H and O–H groups in total. The van der Waals surface area contributed by atoms with Crippen LogP contribution in [-0.4, -0.2) is 32.4 Å². The number of carbonyl (C=O) groups is 1. The van der Waals surface area contributed by atoms with E-state index in [4.69, 9.17) is 9.57 Å². The van der Waals surface area contributed by atoms with Crippen LogP contribution in [0.15, 0.2) is 53.7 Å². The van der Waals surface area contributed by atoms with Crippen molar-refractivity contribution >= 4 is 17.8 Å². The molecule has 0 aliphatic carbocycles. The minimum absolute atomic E-state index is 0.0386. The largest absolute Gasteiger partial charge is 0.495 e. The number of amides is 1. The number of oxime groups is 1. The van der Waals surface area contributed by atoms with Crippen molar-refractivity contribution in [3.63, 3.8) is 0 Å². The first-order chi connectivity index (χ1) is 12.1. The Morgan fingerprint density at radius 2 is 1.84 bits per heavy atom. The van der Waals surface area contributed by atoms with Crippen LogP contribution in [0.5, 0.6) is 11.5 Å². The summed E-state index contributed by atoms with van der Waals surface area (Å²) in [6.45, 7) is -3.30. The normalized spacial score (nSPS) is 10.7. The third-order valence-electron chi connectivity index (χ3n) is 2.98. The molecule has 0 aliphatic heterocycles. The Bertz CT molecular complexity index is 738. The molecule has 0 radical (unpaired) electrons. The van der Waals surface area contributed by atoms with Gasteiger partial charge >= 0.3 is 6.61 Å². The second kappa shape index (κ2) is 9.21. The number of hydrogen-bond acceptors (Lipinski definition) is 5. The Hall–Kier alpha value is -3.16. The number of para-hydroxylation sites is 3. The molecule has 0 atom stereocenters. The van der Waals surface area contributed by atoms with Crippen LogP contribution in [0.3, 0.4) is 0 Å². The number of nitrogens with one attached hydrogen (secondary N) is 1. The summed E-state index contributed by atoms with van der Waals surface area (Å²) in [4.78, 5) is 16.7. The molecule has 0 unspecified atom stereocenters. The van der Waals surface area contributed by atoms with Crippen molar-refractivity contribution in [1.29, 1.82) is 0 Å². The fourth-order valence-electron chi connectivity index (χ4n) is 1.91. The number of alkyl halides is 2. The zero-order valence-corrected chi connectivity index (χ0v) is 13.3. The third kappa shape index (κ3) is 5.76. The van der Waals surface area contributed by atoms with E-state index < -0.39 is 12.5 Å². The van der Waals surface area contributed by atoms with Crippen LogP contribution < -0.4 is 14.8 Å². The molecule has 0 saturated heterocycles. The van der Waals surface area contributed by atoms with Gasteiger partial charge in [0.25, 0.3) is 5.91 Å². The van der Waals surface area contributed by atoms with Gasteiger partial charge in [0.15, 0.2) is 6.61 Å². The maximum absolute atomic E-state index is 12.3. The summed E-state index contributed by atoms with van der Waals surface area (Å²) in [5, 5.41) is 6.20. The smallest absolute Gasteiger partial charge is 0.387 e. The topological polar surface area (TPSA) is 69.2 Å². The quantitative estimate of drug-likeness (QED) is 0.586. The Morgan fingerprint density at radius 1 is 1.16 bits per heavy atom. The van der Waals surface area contributed by atoms with Crippen molar-refractivity contribution in [3.8, 4) is 11.5 Å². The zero-order valence-electron chi connectivity index (χ0n) is 13.3. The highest BCUT2D eigenvalue weighted by Crippen LogP contribution is 2.22. The number of benzene rings is 2. The number of rotatable bonds is 8. The fourth-order valence-corrected chi connectivity index (χ4v) is 1.91. The van der Waals surface area contributed by atoms with E-state index in [1.54, 1.807) is 36.4 Å². The number of carbonyl (C=O) groups excluding carboxylic acids is 1. The molecule has 132 valence electrons. The van der Waals surface area contributed by atoms with E-state index in [1.165, 1.54) is 25.5 Å². The van der Waals surface area contributed by atoms with Gasteiger partial charge < -0.3 is 19.6 Å². The van der Waals surface area contributed by atoms with Gasteiger partial charge in [0.05, 0.1) is 19.0 Å². The van der Waals surface area contributed by atoms with Gasteiger partial charge in [-0.15, -0.1) is 0 Å². The number of ether oxygens (including phenoxy) is 2. The van der Waals surface area contributed by atoms with Gasteiger partial charge in [-0.25, -0.2) is 0 Å². The molecule has 0 bridgehead atoms. The highest BCUT2D eigenvalue weighted by atomic mass is 19.3. The van der Waals surface area contributed by atoms with Crippen molar-refractivity contribution in [2.75, 3.05) is 19.0 Å². The number of anilines is 1. The standard InChI is InChI=1S/C17H16F2N2O4/c1-23-15-9-5-3-7-13(15)21-16(22)11-24-20-10-12-6-2-4-8-14(12)25-17(18)19/h2-10,17H,11H2,1H3,(H,21,22)/b20-10+. The monoisotopic (exact) mass is 350 g/mol. The second-order valence-electron chi connectivity index (χ2n) is 4.67. The van der Waals surface area contributed by atoms with Crippen LogP contribution in [-0.2, 0) is 9.63 Å². The van der Waals surface area contributed by atoms with Crippen LogP contribution in [0.1, 0.15) is 5.56 Å². The van der Waals surface area contributed by atoms with E-state index in [9.17, 15) is 13.6 Å². The zero-order chi connectivity index (χ0) is 18.1. The predicted molar refractivity (Wildman–Crippen MR) is 88.2 cm³/mol. The fraction of sp³-hybridized carbons (Fsp3) is 0.176. The molecular weight excluding hydrogens is 334 g/mol. The molecule has 2 rings (SSSR count). The Balaban J connectivity index is 1.88. The van der Waals surface area contributed by atoms with Gasteiger partial charge in [0.1, 0.15) is 11.5 Å². The molecule has 0 fully saturated rings. The second-order valence-corrected chi connectivity index (χ2v) is 4.67. The highest BCUT2D eigenvalue weighted by Gasteiger charge is 2.08. The first kappa shape index (κ1) is 18.2. The Kier molecular flexibility index (Phi) is 6.70. The van der Waals surface area contributed by atoms with Crippen molar-refractivity contribution in [2.24, 2.45) is 5.16 Å². The summed E-state index contributed by atoms with van der Waals surface area (Å²) in [5.74, 6) is 0.0273. The van der Waals surface area contributed by atoms with Gasteiger partial charge in [0.2, 0.25) is 0 Å². The predicted octanol–water partition coefficient (Wildman–Crippen LogP) is 3.29. The van der Waals surface area contributed by atoms with Gasteiger partial charge in [-0.2, -0.15) is 8.78 Å². The van der Waals surface area contributed by atoms with Crippen LogP contribution in [0.2, 0.25) is 0 Å². The number of methoxy groups -OCH3 is 1. The molecule has 8 heteroatoms. The summed E-state index contributed by atoms with van der Waals surface area (Å²) < 4.78 is 34.1. The molecular formula is C17H16F2N2O4. The van der Waals surface area contributed by atoms with E-state index in [1.807, 2.05) is 0 Å². The minimum atomic E-state index is -2.94. The molecule has 1 amide bonds. The average molecular weight is 350 g/mol. The van der Waals surface area contributed by atoms with E-state index in [2.05, 4.69) is 15.2 Å². The van der Waals surface area contributed by atoms with Crippen molar-refractivity contribution in [3.05, 3.63) is 54.1 Å². The lowest BCUT2D eigenvalue weighted by atomic mass is 10.2. The third-order valence-corrected chi connectivity index (χ3v) is 2.98. The average Bonchev–Trinajstić information content (AvgIpc) is 2.60. The van der Waals surface area contributed by atoms with Crippen molar-refractivity contribution < 1.29 is 27.9 Å². The van der Waals surface area contributed by atoms with Crippen LogP contribution in [0, 0.1) is 0 Å². The highest BCUT2D eigenvalue weighted by molar-refractivity contribution is 5.93. The SMILES string of the molecule is COc1ccccc1NC(=O)CO/N=C/c1ccccc1OC(F)F. The summed E-state index contributed by atoms with van der Waals surface area (Å²) >= 11 is 0. The molecule has 25 heavy (non-hydrogen) atoms. The number of halogens is 2. The molecule has 6 nitrogen and oxygen atoms in total. The maximum atomic E-state index is 12.3. The Morgan fingerprint density at radius 3 is 2.56 bits per heavy atom. The minimum Gasteiger partial charge on any atom is -0.495 e. The number of nitrogens with zero attached hydrogens (tertiary/aromatic N) is 1. The van der Waals surface area contributed by atoms with E-state index in [0.29, 0.717) is 17.0 Å². The van der Waals surface area contributed by atoms with E-state index in [0.717, 1.165) is 0 Å². The number of hydrogen-bond donors (Lipinski definition) is 1.